The van der Waals surface area contributed by atoms with Crippen molar-refractivity contribution in [1.29, 1.82) is 0 Å². The first kappa shape index (κ1) is 21.3. The van der Waals surface area contributed by atoms with Gasteiger partial charge in [-0.15, -0.1) is 0 Å². The summed E-state index contributed by atoms with van der Waals surface area (Å²) in [4.78, 5) is 7.25. The van der Waals surface area contributed by atoms with Crippen LogP contribution in [0.2, 0.25) is 0 Å². The van der Waals surface area contributed by atoms with Gasteiger partial charge in [-0.25, -0.2) is 9.38 Å². The Kier molecular flexibility index (Phi) is 6.42. The van der Waals surface area contributed by atoms with Gasteiger partial charge in [0.05, 0.1) is 5.71 Å². The summed E-state index contributed by atoms with van der Waals surface area (Å²) in [5.41, 5.74) is 2.31. The van der Waals surface area contributed by atoms with E-state index in [1.807, 2.05) is 26.1 Å². The monoisotopic (exact) mass is 413 g/mol. The standard InChI is InChI=1S/C24H36FN5/c1-4-8-19(23(25)21-12-20(28-29-21)17-10-6-7-11-17)27-22(9-5-2)30-16-24(15-26-3)13-18(30)14-24/h4,8-9,12,17-18,23,26H,5-7,10-11,13-16H2,1-3H3,(H,28,29)/b8-4-,22-9-,27-19+. The number of allylic oxidation sites excluding steroid dienone is 3. The van der Waals surface area contributed by atoms with Crippen LogP contribution in [0.3, 0.4) is 0 Å². The molecule has 1 atom stereocenters. The summed E-state index contributed by atoms with van der Waals surface area (Å²) in [5, 5.41) is 10.7. The molecule has 1 unspecified atom stereocenters. The number of H-pyrrole nitrogens is 1. The highest BCUT2D eigenvalue weighted by Crippen LogP contribution is 2.52. The van der Waals surface area contributed by atoms with Crippen LogP contribution >= 0.6 is 0 Å². The molecule has 3 heterocycles. The normalized spacial score (nSPS) is 28.5. The molecule has 2 N–H and O–H groups in total. The maximum absolute atomic E-state index is 15.6. The Labute approximate surface area is 179 Å². The lowest BCUT2D eigenvalue weighted by atomic mass is 9.70. The molecule has 2 bridgehead atoms. The van der Waals surface area contributed by atoms with E-state index in [1.165, 1.54) is 38.5 Å². The van der Waals surface area contributed by atoms with E-state index in [4.69, 9.17) is 4.99 Å². The summed E-state index contributed by atoms with van der Waals surface area (Å²) < 4.78 is 15.6. The first-order valence-corrected chi connectivity index (χ1v) is 11.6. The van der Waals surface area contributed by atoms with Gasteiger partial charge in [-0.3, -0.25) is 5.10 Å². The average molecular weight is 414 g/mol. The van der Waals surface area contributed by atoms with Crippen LogP contribution in [-0.4, -0.2) is 47.0 Å². The number of aliphatic imine (C=N–C) groups is 1. The van der Waals surface area contributed by atoms with Crippen LogP contribution in [0.15, 0.2) is 35.1 Å². The zero-order valence-corrected chi connectivity index (χ0v) is 18.6. The highest BCUT2D eigenvalue weighted by Gasteiger charge is 2.55. The molecule has 30 heavy (non-hydrogen) atoms. The van der Waals surface area contributed by atoms with Gasteiger partial charge in [0.15, 0.2) is 6.17 Å². The Hall–Kier alpha value is -1.95. The van der Waals surface area contributed by atoms with Crippen molar-refractivity contribution in [3.63, 3.8) is 0 Å². The van der Waals surface area contributed by atoms with Crippen molar-refractivity contribution in [2.75, 3.05) is 20.1 Å². The van der Waals surface area contributed by atoms with E-state index in [1.54, 1.807) is 6.08 Å². The average Bonchev–Trinajstić information content (AvgIpc) is 3.48. The number of hydrogen-bond donors (Lipinski definition) is 2. The molecule has 1 aromatic rings. The van der Waals surface area contributed by atoms with E-state index in [0.717, 1.165) is 31.0 Å². The Morgan fingerprint density at radius 2 is 2.20 bits per heavy atom. The lowest BCUT2D eigenvalue weighted by Gasteiger charge is -2.36. The van der Waals surface area contributed by atoms with Crippen molar-refractivity contribution < 1.29 is 4.39 Å². The number of fused-ring (bicyclic) bond motifs is 1. The summed E-state index contributed by atoms with van der Waals surface area (Å²) in [5.74, 6) is 1.41. The Morgan fingerprint density at radius 3 is 2.87 bits per heavy atom. The van der Waals surface area contributed by atoms with E-state index in [0.29, 0.717) is 28.8 Å². The van der Waals surface area contributed by atoms with Gasteiger partial charge in [0.2, 0.25) is 0 Å². The van der Waals surface area contributed by atoms with Crippen LogP contribution < -0.4 is 5.32 Å². The second kappa shape index (κ2) is 9.04. The maximum atomic E-state index is 15.6. The molecule has 2 saturated carbocycles. The topological polar surface area (TPSA) is 56.3 Å². The SMILES string of the molecule is C\C=C/C(=N\C(=C\CC)N1CC2(CNC)CC1C2)C(F)c1cc(C2CCCC2)[nH]n1. The third-order valence-corrected chi connectivity index (χ3v) is 7.03. The molecule has 4 aliphatic rings. The van der Waals surface area contributed by atoms with Gasteiger partial charge in [0.25, 0.3) is 0 Å². The van der Waals surface area contributed by atoms with Gasteiger partial charge in [-0.05, 0) is 64.3 Å². The van der Waals surface area contributed by atoms with E-state index in [9.17, 15) is 0 Å². The van der Waals surface area contributed by atoms with Gasteiger partial charge in [0.1, 0.15) is 11.5 Å². The van der Waals surface area contributed by atoms with Crippen LogP contribution in [-0.2, 0) is 0 Å². The summed E-state index contributed by atoms with van der Waals surface area (Å²) in [6, 6.07) is 2.45. The second-order valence-corrected chi connectivity index (χ2v) is 9.32. The minimum absolute atomic E-state index is 0.357. The third kappa shape index (κ3) is 4.11. The molecular weight excluding hydrogens is 377 g/mol. The fourth-order valence-corrected chi connectivity index (χ4v) is 5.59. The van der Waals surface area contributed by atoms with E-state index < -0.39 is 6.17 Å². The minimum atomic E-state index is -1.32. The fourth-order valence-electron chi connectivity index (χ4n) is 5.59. The number of aromatic nitrogens is 2. The third-order valence-electron chi connectivity index (χ3n) is 7.03. The number of nitrogens with zero attached hydrogens (tertiary/aromatic N) is 3. The lowest BCUT2D eigenvalue weighted by Crippen LogP contribution is -2.41. The molecular formula is C24H36FN5. The summed E-state index contributed by atoms with van der Waals surface area (Å²) in [7, 11) is 2.02. The number of rotatable bonds is 9. The molecule has 0 amide bonds. The summed E-state index contributed by atoms with van der Waals surface area (Å²) in [6.45, 7) is 6.06. The fraction of sp³-hybridized carbons (Fsp3) is 0.667. The van der Waals surface area contributed by atoms with Gasteiger partial charge in [-0.2, -0.15) is 5.10 Å². The molecule has 5 rings (SSSR count). The van der Waals surface area contributed by atoms with Crippen molar-refractivity contribution in [3.8, 4) is 0 Å². The molecule has 5 nitrogen and oxygen atoms in total. The molecule has 4 fully saturated rings. The lowest BCUT2D eigenvalue weighted by molar-refractivity contribution is 0.183. The molecule has 0 radical (unpaired) electrons. The Morgan fingerprint density at radius 1 is 1.43 bits per heavy atom. The molecule has 2 aliphatic carbocycles. The predicted octanol–water partition coefficient (Wildman–Crippen LogP) is 5.03. The van der Waals surface area contributed by atoms with Crippen LogP contribution in [0.5, 0.6) is 0 Å². The second-order valence-electron chi connectivity index (χ2n) is 9.32. The largest absolute Gasteiger partial charge is 0.353 e. The van der Waals surface area contributed by atoms with Crippen LogP contribution in [0.25, 0.3) is 0 Å². The Balaban J connectivity index is 1.55. The van der Waals surface area contributed by atoms with Crippen molar-refractivity contribution in [3.05, 3.63) is 41.5 Å². The number of nitrogens with one attached hydrogen (secondary N) is 2. The number of hydrogen-bond acceptors (Lipinski definition) is 4. The summed E-state index contributed by atoms with van der Waals surface area (Å²) >= 11 is 0. The van der Waals surface area contributed by atoms with Gasteiger partial charge < -0.3 is 10.2 Å². The van der Waals surface area contributed by atoms with Crippen molar-refractivity contribution in [2.24, 2.45) is 10.4 Å². The molecule has 164 valence electrons. The minimum Gasteiger partial charge on any atom is -0.353 e. The quantitative estimate of drug-likeness (QED) is 0.558. The molecule has 2 aliphatic heterocycles. The van der Waals surface area contributed by atoms with Crippen LogP contribution in [0.1, 0.15) is 82.3 Å². The smallest absolute Gasteiger partial charge is 0.186 e. The molecule has 6 heteroatoms. The van der Waals surface area contributed by atoms with Gasteiger partial charge >= 0.3 is 0 Å². The van der Waals surface area contributed by atoms with Crippen molar-refractivity contribution in [2.45, 2.75) is 76.9 Å². The molecule has 0 aromatic carbocycles. The number of alkyl halides is 1. The predicted molar refractivity (Wildman–Crippen MR) is 120 cm³/mol. The first-order chi connectivity index (χ1) is 14.6. The van der Waals surface area contributed by atoms with Crippen LogP contribution in [0, 0.1) is 5.41 Å². The van der Waals surface area contributed by atoms with E-state index in [2.05, 4.69) is 33.4 Å². The zero-order valence-electron chi connectivity index (χ0n) is 18.6. The van der Waals surface area contributed by atoms with Gasteiger partial charge in [0, 0.05) is 36.2 Å². The van der Waals surface area contributed by atoms with E-state index in [-0.39, 0.29) is 0 Å². The molecule has 1 aromatic heterocycles. The highest BCUT2D eigenvalue weighted by atomic mass is 19.1. The Bertz CT molecular complexity index is 811. The zero-order chi connectivity index (χ0) is 21.1. The molecule has 2 saturated heterocycles. The van der Waals surface area contributed by atoms with Crippen LogP contribution in [0.4, 0.5) is 4.39 Å². The maximum Gasteiger partial charge on any atom is 0.186 e. The van der Waals surface area contributed by atoms with E-state index >= 15 is 4.39 Å². The van der Waals surface area contributed by atoms with Crippen molar-refractivity contribution in [1.82, 2.24) is 20.4 Å². The summed E-state index contributed by atoms with van der Waals surface area (Å²) in [6.07, 6.45) is 12.6. The molecule has 0 spiro atoms. The number of halogens is 1. The van der Waals surface area contributed by atoms with Crippen molar-refractivity contribution >= 4 is 5.71 Å². The van der Waals surface area contributed by atoms with Gasteiger partial charge in [-0.1, -0.05) is 25.8 Å². The number of aromatic amines is 1. The first-order valence-electron chi connectivity index (χ1n) is 11.6. The highest BCUT2D eigenvalue weighted by molar-refractivity contribution is 5.99.